The second kappa shape index (κ2) is 12.8. The molecule has 4 N–H and O–H groups in total. The first-order valence-electron chi connectivity index (χ1n) is 13.1. The third-order valence-corrected chi connectivity index (χ3v) is 6.66. The molecule has 12 nitrogen and oxygen atoms in total. The van der Waals surface area contributed by atoms with Crippen LogP contribution < -0.4 is 10.1 Å². The number of aliphatic hydroxyl groups is 1. The molecule has 18 heteroatoms. The molecule has 0 saturated carbocycles. The number of aliphatic hydroxyl groups excluding tert-OH is 1. The van der Waals surface area contributed by atoms with E-state index in [4.69, 9.17) is 23.7 Å². The third-order valence-electron chi connectivity index (χ3n) is 6.66. The fraction of sp³-hybridized carbons (Fsp3) is 0.321. The van der Waals surface area contributed by atoms with Crippen molar-refractivity contribution in [3.8, 4) is 40.0 Å². The SMILES string of the molecule is CC(C)(CN[C@@H]1COc2cc(-c3noc(-c4onc(-c5ccccc5)c4C(F)(F)F)n3)ccc2[C@@H]1O)C(=O)O.O=C(O)C(F)(F)F. The summed E-state index contributed by atoms with van der Waals surface area (Å²) in [6.07, 6.45) is -10.9. The monoisotopic (exact) mass is 658 g/mol. The maximum atomic E-state index is 14.0. The zero-order valence-corrected chi connectivity index (χ0v) is 23.7. The van der Waals surface area contributed by atoms with Gasteiger partial charge < -0.3 is 34.4 Å². The van der Waals surface area contributed by atoms with Gasteiger partial charge in [0.1, 0.15) is 29.7 Å². The number of aromatic nitrogens is 3. The van der Waals surface area contributed by atoms with Crippen molar-refractivity contribution in [1.29, 1.82) is 0 Å². The molecular formula is C28H24F6N4O8. The van der Waals surface area contributed by atoms with Crippen molar-refractivity contribution in [2.24, 2.45) is 5.41 Å². The summed E-state index contributed by atoms with van der Waals surface area (Å²) >= 11 is 0. The van der Waals surface area contributed by atoms with Gasteiger partial charge in [0.25, 0.3) is 5.89 Å². The maximum absolute atomic E-state index is 14.0. The van der Waals surface area contributed by atoms with Crippen LogP contribution in [0.25, 0.3) is 34.3 Å². The number of rotatable bonds is 7. The molecule has 0 saturated heterocycles. The summed E-state index contributed by atoms with van der Waals surface area (Å²) in [5, 5.41) is 37.7. The van der Waals surface area contributed by atoms with E-state index in [2.05, 4.69) is 20.6 Å². The van der Waals surface area contributed by atoms with Gasteiger partial charge in [0.05, 0.1) is 11.5 Å². The molecule has 2 atom stereocenters. The molecule has 246 valence electrons. The topological polar surface area (TPSA) is 181 Å². The lowest BCUT2D eigenvalue weighted by molar-refractivity contribution is -0.192. The van der Waals surface area contributed by atoms with Crippen LogP contribution in [0.3, 0.4) is 0 Å². The van der Waals surface area contributed by atoms with Crippen molar-refractivity contribution in [3.63, 3.8) is 0 Å². The predicted molar refractivity (Wildman–Crippen MR) is 143 cm³/mol. The predicted octanol–water partition coefficient (Wildman–Crippen LogP) is 5.21. The number of carboxylic acid groups (broad SMARTS) is 2. The van der Waals surface area contributed by atoms with Crippen LogP contribution in [0.5, 0.6) is 5.75 Å². The quantitative estimate of drug-likeness (QED) is 0.191. The van der Waals surface area contributed by atoms with E-state index in [0.717, 1.165) is 0 Å². The van der Waals surface area contributed by atoms with Gasteiger partial charge in [0, 0.05) is 23.2 Å². The largest absolute Gasteiger partial charge is 0.491 e. The van der Waals surface area contributed by atoms with E-state index in [9.17, 15) is 41.4 Å². The Hall–Kier alpha value is -4.97. The number of hydrogen-bond acceptors (Lipinski definition) is 10. The summed E-state index contributed by atoms with van der Waals surface area (Å²) in [7, 11) is 0. The summed E-state index contributed by atoms with van der Waals surface area (Å²) in [6, 6.07) is 11.9. The Morgan fingerprint density at radius 2 is 1.59 bits per heavy atom. The third kappa shape index (κ3) is 7.45. The molecule has 5 rings (SSSR count). The van der Waals surface area contributed by atoms with Crippen LogP contribution in [0.2, 0.25) is 0 Å². The molecule has 3 heterocycles. The van der Waals surface area contributed by atoms with Gasteiger partial charge in [-0.2, -0.15) is 31.3 Å². The Bertz CT molecular complexity index is 1700. The molecule has 0 bridgehead atoms. The van der Waals surface area contributed by atoms with Gasteiger partial charge in [-0.05, 0) is 19.9 Å². The average Bonchev–Trinajstić information content (AvgIpc) is 3.65. The van der Waals surface area contributed by atoms with E-state index in [1.54, 1.807) is 44.2 Å². The standard InChI is InChI=1S/C26H23F3N4O6.C2HF3O2/c1-25(2,24(35)36)12-30-16-11-37-17-10-14(8-9-15(17)20(16)34)22-31-23(39-33-22)21-18(26(27,28)29)19(32-38-21)13-6-4-3-5-7-13;3-2(4,5)1(6)7/h3-10,16,20,30,34H,11-12H2,1-2H3,(H,35,36);(H,6,7)/t16-,20+;/m1./s1. The Morgan fingerprint density at radius 3 is 2.17 bits per heavy atom. The molecule has 0 amide bonds. The zero-order valence-electron chi connectivity index (χ0n) is 23.7. The Morgan fingerprint density at radius 1 is 0.935 bits per heavy atom. The van der Waals surface area contributed by atoms with Gasteiger partial charge in [0.15, 0.2) is 0 Å². The highest BCUT2D eigenvalue weighted by Crippen LogP contribution is 2.43. The second-order valence-corrected chi connectivity index (χ2v) is 10.5. The first kappa shape index (κ1) is 33.9. The first-order chi connectivity index (χ1) is 21.4. The van der Waals surface area contributed by atoms with Gasteiger partial charge in [-0.3, -0.25) is 4.79 Å². The van der Waals surface area contributed by atoms with Gasteiger partial charge in [-0.25, -0.2) is 4.79 Å². The molecule has 2 aromatic carbocycles. The van der Waals surface area contributed by atoms with Crippen LogP contribution in [0.15, 0.2) is 57.6 Å². The highest BCUT2D eigenvalue weighted by Gasteiger charge is 2.43. The van der Waals surface area contributed by atoms with E-state index in [1.807, 2.05) is 0 Å². The Labute approximate surface area is 254 Å². The zero-order chi connectivity index (χ0) is 34.0. The first-order valence-corrected chi connectivity index (χ1v) is 13.1. The van der Waals surface area contributed by atoms with Gasteiger partial charge in [-0.15, -0.1) is 0 Å². The van der Waals surface area contributed by atoms with E-state index in [-0.39, 0.29) is 24.5 Å². The number of nitrogens with zero attached hydrogens (tertiary/aromatic N) is 3. The highest BCUT2D eigenvalue weighted by molar-refractivity contribution is 5.74. The maximum Gasteiger partial charge on any atom is 0.490 e. The number of ether oxygens (including phenoxy) is 1. The van der Waals surface area contributed by atoms with Crippen LogP contribution in [0.1, 0.15) is 31.1 Å². The number of carboxylic acids is 2. The van der Waals surface area contributed by atoms with E-state index >= 15 is 0 Å². The normalized spacial score (nSPS) is 16.5. The molecule has 1 aliphatic heterocycles. The summed E-state index contributed by atoms with van der Waals surface area (Å²) in [6.45, 7) is 3.30. The number of fused-ring (bicyclic) bond motifs is 1. The minimum Gasteiger partial charge on any atom is -0.491 e. The van der Waals surface area contributed by atoms with Crippen molar-refractivity contribution in [2.45, 2.75) is 38.3 Å². The fourth-order valence-corrected chi connectivity index (χ4v) is 4.09. The molecule has 46 heavy (non-hydrogen) atoms. The fourth-order valence-electron chi connectivity index (χ4n) is 4.09. The Kier molecular flexibility index (Phi) is 9.43. The molecule has 2 aromatic heterocycles. The number of carbonyl (C=O) groups is 2. The minimum atomic E-state index is -5.08. The lowest BCUT2D eigenvalue weighted by atomic mass is 9.92. The summed E-state index contributed by atoms with van der Waals surface area (Å²) in [4.78, 5) is 24.3. The average molecular weight is 659 g/mol. The number of alkyl halides is 6. The number of benzene rings is 2. The van der Waals surface area contributed by atoms with Gasteiger partial charge in [-0.1, -0.05) is 52.8 Å². The van der Waals surface area contributed by atoms with Crippen molar-refractivity contribution in [3.05, 3.63) is 59.7 Å². The minimum absolute atomic E-state index is 0.0277. The molecule has 0 fully saturated rings. The van der Waals surface area contributed by atoms with E-state index in [0.29, 0.717) is 16.9 Å². The van der Waals surface area contributed by atoms with Gasteiger partial charge in [0.2, 0.25) is 11.6 Å². The summed E-state index contributed by atoms with van der Waals surface area (Å²) < 4.78 is 89.6. The lowest BCUT2D eigenvalue weighted by Crippen LogP contribution is -2.47. The van der Waals surface area contributed by atoms with Crippen molar-refractivity contribution >= 4 is 11.9 Å². The van der Waals surface area contributed by atoms with E-state index in [1.165, 1.54) is 18.2 Å². The highest BCUT2D eigenvalue weighted by atomic mass is 19.4. The number of hydrogen-bond donors (Lipinski definition) is 4. The number of nitrogens with one attached hydrogen (secondary N) is 1. The number of halogens is 6. The molecule has 0 spiro atoms. The van der Waals surface area contributed by atoms with Gasteiger partial charge >= 0.3 is 24.3 Å². The summed E-state index contributed by atoms with van der Waals surface area (Å²) in [5.74, 6) is -4.65. The second-order valence-electron chi connectivity index (χ2n) is 10.5. The van der Waals surface area contributed by atoms with Crippen LogP contribution in [0.4, 0.5) is 26.3 Å². The number of aliphatic carboxylic acids is 2. The van der Waals surface area contributed by atoms with Crippen LogP contribution in [0, 0.1) is 5.41 Å². The van der Waals surface area contributed by atoms with Crippen molar-refractivity contribution in [2.75, 3.05) is 13.2 Å². The van der Waals surface area contributed by atoms with Crippen LogP contribution in [-0.2, 0) is 15.8 Å². The molecule has 0 unspecified atom stereocenters. The summed E-state index contributed by atoms with van der Waals surface area (Å²) in [5.41, 5.74) is -1.55. The lowest BCUT2D eigenvalue weighted by Gasteiger charge is -2.33. The van der Waals surface area contributed by atoms with Crippen LogP contribution in [-0.4, -0.2) is 67.9 Å². The molecular weight excluding hydrogens is 634 g/mol. The van der Waals surface area contributed by atoms with Crippen molar-refractivity contribution in [1.82, 2.24) is 20.6 Å². The smallest absolute Gasteiger partial charge is 0.490 e. The molecule has 0 aliphatic carbocycles. The molecule has 4 aromatic rings. The molecule has 1 aliphatic rings. The van der Waals surface area contributed by atoms with E-state index < -0.39 is 64.8 Å². The molecule has 0 radical (unpaired) electrons. The van der Waals surface area contributed by atoms with Crippen LogP contribution >= 0.6 is 0 Å². The van der Waals surface area contributed by atoms with Crippen molar-refractivity contribution < 1.29 is 65.0 Å². The Balaban J connectivity index is 0.000000617.